The summed E-state index contributed by atoms with van der Waals surface area (Å²) in [6.45, 7) is 2.90. The van der Waals surface area contributed by atoms with E-state index in [1.165, 1.54) is 22.3 Å². The summed E-state index contributed by atoms with van der Waals surface area (Å²) in [5, 5.41) is 19.8. The van der Waals surface area contributed by atoms with E-state index in [9.17, 15) is 4.79 Å². The van der Waals surface area contributed by atoms with Gasteiger partial charge in [-0.2, -0.15) is 9.78 Å². The van der Waals surface area contributed by atoms with Crippen molar-refractivity contribution in [2.45, 2.75) is 19.9 Å². The van der Waals surface area contributed by atoms with Crippen molar-refractivity contribution in [1.82, 2.24) is 30.0 Å². The van der Waals surface area contributed by atoms with Crippen LogP contribution in [0.25, 0.3) is 5.69 Å². The van der Waals surface area contributed by atoms with Crippen molar-refractivity contribution in [2.24, 2.45) is 0 Å². The molecule has 0 atom stereocenters. The van der Waals surface area contributed by atoms with E-state index < -0.39 is 0 Å². The maximum atomic E-state index is 12.3. The molecular weight excluding hydrogens is 290 g/mol. The molecule has 8 nitrogen and oxygen atoms in total. The van der Waals surface area contributed by atoms with Gasteiger partial charge in [-0.25, -0.2) is 0 Å². The Bertz CT molecular complexity index is 730. The van der Waals surface area contributed by atoms with Gasteiger partial charge in [-0.15, -0.1) is 16.4 Å². The Morgan fingerprint density at radius 2 is 2.38 bits per heavy atom. The molecule has 0 fully saturated rings. The second-order valence-electron chi connectivity index (χ2n) is 4.34. The van der Waals surface area contributed by atoms with Crippen molar-refractivity contribution in [3.63, 3.8) is 0 Å². The van der Waals surface area contributed by atoms with Crippen LogP contribution in [0.2, 0.25) is 0 Å². The predicted molar refractivity (Wildman–Crippen MR) is 77.5 cm³/mol. The molecule has 3 aromatic rings. The Morgan fingerprint density at radius 3 is 3.14 bits per heavy atom. The molecule has 0 saturated heterocycles. The first-order chi connectivity index (χ1) is 10.3. The summed E-state index contributed by atoms with van der Waals surface area (Å²) in [4.78, 5) is 12.9. The average molecular weight is 303 g/mol. The van der Waals surface area contributed by atoms with Crippen molar-refractivity contribution in [3.05, 3.63) is 35.0 Å². The molecule has 0 aliphatic carbocycles. The molecule has 0 radical (unpaired) electrons. The van der Waals surface area contributed by atoms with E-state index >= 15 is 0 Å². The fourth-order valence-corrected chi connectivity index (χ4v) is 2.67. The molecule has 3 rings (SSSR count). The molecule has 0 spiro atoms. The lowest BCUT2D eigenvalue weighted by molar-refractivity contribution is 0.103. The standard InChI is InChI=1S/C12H13N7OS/c1-2-4-18-7-9(6-14-18)15-12(20)11-10(3-5-21-11)19-8-13-16-17-19/h3,5-8H,2,4H2,1H3,(H,15,20). The number of hydrogen-bond donors (Lipinski definition) is 1. The number of aromatic nitrogens is 6. The van der Waals surface area contributed by atoms with E-state index in [-0.39, 0.29) is 5.91 Å². The lowest BCUT2D eigenvalue weighted by Gasteiger charge is -2.03. The van der Waals surface area contributed by atoms with Gasteiger partial charge in [-0.3, -0.25) is 9.48 Å². The van der Waals surface area contributed by atoms with Crippen molar-refractivity contribution < 1.29 is 4.79 Å². The summed E-state index contributed by atoms with van der Waals surface area (Å²) in [5.74, 6) is -0.202. The lowest BCUT2D eigenvalue weighted by Crippen LogP contribution is -2.12. The number of rotatable bonds is 5. The average Bonchev–Trinajstić information content (AvgIpc) is 3.20. The predicted octanol–water partition coefficient (Wildman–Crippen LogP) is 1.58. The minimum atomic E-state index is -0.202. The number of nitrogens with zero attached hydrogens (tertiary/aromatic N) is 6. The van der Waals surface area contributed by atoms with Gasteiger partial charge in [0, 0.05) is 12.7 Å². The van der Waals surface area contributed by atoms with Crippen LogP contribution >= 0.6 is 11.3 Å². The summed E-state index contributed by atoms with van der Waals surface area (Å²) in [7, 11) is 0. The van der Waals surface area contributed by atoms with Gasteiger partial charge >= 0.3 is 0 Å². The van der Waals surface area contributed by atoms with Gasteiger partial charge < -0.3 is 5.32 Å². The number of aryl methyl sites for hydroxylation is 1. The van der Waals surface area contributed by atoms with E-state index in [1.54, 1.807) is 16.9 Å². The van der Waals surface area contributed by atoms with Gasteiger partial charge in [0.25, 0.3) is 5.91 Å². The smallest absolute Gasteiger partial charge is 0.268 e. The molecule has 3 aromatic heterocycles. The van der Waals surface area contributed by atoms with Crippen LogP contribution in [-0.2, 0) is 6.54 Å². The minimum Gasteiger partial charge on any atom is -0.319 e. The number of tetrazole rings is 1. The number of carbonyl (C=O) groups excluding carboxylic acids is 1. The van der Waals surface area contributed by atoms with Crippen LogP contribution in [0.5, 0.6) is 0 Å². The molecule has 1 amide bonds. The normalized spacial score (nSPS) is 10.7. The Kier molecular flexibility index (Phi) is 3.73. The Morgan fingerprint density at radius 1 is 1.48 bits per heavy atom. The quantitative estimate of drug-likeness (QED) is 0.773. The molecule has 0 aliphatic heterocycles. The molecule has 0 aromatic carbocycles. The van der Waals surface area contributed by atoms with Crippen molar-refractivity contribution in [2.75, 3.05) is 5.32 Å². The Hall–Kier alpha value is -2.55. The van der Waals surface area contributed by atoms with E-state index in [4.69, 9.17) is 0 Å². The molecule has 0 aliphatic rings. The Labute approximate surface area is 124 Å². The number of amides is 1. The highest BCUT2D eigenvalue weighted by molar-refractivity contribution is 7.12. The Balaban J connectivity index is 1.78. The number of nitrogens with one attached hydrogen (secondary N) is 1. The summed E-state index contributed by atoms with van der Waals surface area (Å²) in [6.07, 6.45) is 5.89. The number of carbonyl (C=O) groups is 1. The number of thiophene rings is 1. The van der Waals surface area contributed by atoms with E-state index in [2.05, 4.69) is 32.9 Å². The molecule has 9 heteroatoms. The van der Waals surface area contributed by atoms with Gasteiger partial charge in [-0.05, 0) is 28.3 Å². The largest absolute Gasteiger partial charge is 0.319 e. The van der Waals surface area contributed by atoms with Crippen molar-refractivity contribution in [3.8, 4) is 5.69 Å². The number of hydrogen-bond acceptors (Lipinski definition) is 6. The van der Waals surface area contributed by atoms with Gasteiger partial charge in [0.15, 0.2) is 0 Å². The van der Waals surface area contributed by atoms with Crippen LogP contribution in [0.1, 0.15) is 23.0 Å². The summed E-state index contributed by atoms with van der Waals surface area (Å²) in [6, 6.07) is 1.80. The van der Waals surface area contributed by atoms with Crippen LogP contribution in [0.15, 0.2) is 30.2 Å². The fraction of sp³-hybridized carbons (Fsp3) is 0.250. The zero-order valence-electron chi connectivity index (χ0n) is 11.3. The molecular formula is C12H13N7OS. The fourth-order valence-electron chi connectivity index (χ4n) is 1.89. The monoisotopic (exact) mass is 303 g/mol. The van der Waals surface area contributed by atoms with Gasteiger partial charge in [0.05, 0.1) is 17.6 Å². The first-order valence-corrected chi connectivity index (χ1v) is 7.30. The molecule has 0 unspecified atom stereocenters. The van der Waals surface area contributed by atoms with Crippen LogP contribution in [-0.4, -0.2) is 35.9 Å². The first kappa shape index (κ1) is 13.4. The summed E-state index contributed by atoms with van der Waals surface area (Å²) in [5.41, 5.74) is 1.33. The van der Waals surface area contributed by atoms with Crippen molar-refractivity contribution >= 4 is 22.9 Å². The third-order valence-corrected chi connectivity index (χ3v) is 3.69. The molecule has 0 bridgehead atoms. The minimum absolute atomic E-state index is 0.202. The second-order valence-corrected chi connectivity index (χ2v) is 5.25. The topological polar surface area (TPSA) is 90.5 Å². The van der Waals surface area contributed by atoms with Crippen LogP contribution in [0.3, 0.4) is 0 Å². The van der Waals surface area contributed by atoms with E-state index in [0.717, 1.165) is 13.0 Å². The van der Waals surface area contributed by atoms with Gasteiger partial charge in [-0.1, -0.05) is 6.92 Å². The third-order valence-electron chi connectivity index (χ3n) is 2.79. The second kappa shape index (κ2) is 5.83. The molecule has 21 heavy (non-hydrogen) atoms. The maximum Gasteiger partial charge on any atom is 0.268 e. The first-order valence-electron chi connectivity index (χ1n) is 6.42. The molecule has 3 heterocycles. The SMILES string of the molecule is CCCn1cc(NC(=O)c2sccc2-n2cnnn2)cn1. The van der Waals surface area contributed by atoms with E-state index in [0.29, 0.717) is 16.3 Å². The highest BCUT2D eigenvalue weighted by Gasteiger charge is 2.16. The summed E-state index contributed by atoms with van der Waals surface area (Å²) >= 11 is 1.34. The zero-order chi connectivity index (χ0) is 14.7. The molecule has 0 saturated carbocycles. The maximum absolute atomic E-state index is 12.3. The molecule has 108 valence electrons. The highest BCUT2D eigenvalue weighted by Crippen LogP contribution is 2.21. The van der Waals surface area contributed by atoms with Crippen LogP contribution in [0, 0.1) is 0 Å². The van der Waals surface area contributed by atoms with Crippen LogP contribution < -0.4 is 5.32 Å². The van der Waals surface area contributed by atoms with E-state index in [1.807, 2.05) is 11.6 Å². The van der Waals surface area contributed by atoms with Gasteiger partial charge in [0.2, 0.25) is 0 Å². The number of anilines is 1. The van der Waals surface area contributed by atoms with Crippen molar-refractivity contribution in [1.29, 1.82) is 0 Å². The summed E-state index contributed by atoms with van der Waals surface area (Å²) < 4.78 is 3.26. The van der Waals surface area contributed by atoms with Crippen LogP contribution in [0.4, 0.5) is 5.69 Å². The van der Waals surface area contributed by atoms with Gasteiger partial charge in [0.1, 0.15) is 11.2 Å². The third kappa shape index (κ3) is 2.82. The zero-order valence-corrected chi connectivity index (χ0v) is 12.1. The highest BCUT2D eigenvalue weighted by atomic mass is 32.1. The lowest BCUT2D eigenvalue weighted by atomic mass is 10.3. The molecule has 1 N–H and O–H groups in total.